The number of ether oxygens (including phenoxy) is 1. The van der Waals surface area contributed by atoms with Gasteiger partial charge in [-0.15, -0.1) is 0 Å². The Kier molecular flexibility index (Phi) is 4.09. The lowest BCUT2D eigenvalue weighted by Gasteiger charge is -2.19. The topological polar surface area (TPSA) is 35.2 Å². The Labute approximate surface area is 104 Å². The highest BCUT2D eigenvalue weighted by molar-refractivity contribution is 9.10. The molecule has 2 nitrogen and oxygen atoms in total. The van der Waals surface area contributed by atoms with E-state index in [-0.39, 0.29) is 16.3 Å². The molecule has 0 aromatic heterocycles. The zero-order valence-electron chi connectivity index (χ0n) is 8.11. The van der Waals surface area contributed by atoms with Gasteiger partial charge in [-0.25, -0.2) is 0 Å². The molecule has 0 amide bonds. The SMILES string of the molecule is COc1c(Br)cc(Cl)cc1C(N)C(F)(F)F. The average molecular weight is 319 g/mol. The summed E-state index contributed by atoms with van der Waals surface area (Å²) in [6.45, 7) is 0. The molecular weight excluding hydrogens is 310 g/mol. The largest absolute Gasteiger partial charge is 0.495 e. The molecule has 16 heavy (non-hydrogen) atoms. The van der Waals surface area contributed by atoms with Gasteiger partial charge in [0.25, 0.3) is 0 Å². The maximum atomic E-state index is 12.5. The minimum Gasteiger partial charge on any atom is -0.495 e. The summed E-state index contributed by atoms with van der Waals surface area (Å²) in [7, 11) is 1.26. The quantitative estimate of drug-likeness (QED) is 0.903. The van der Waals surface area contributed by atoms with Gasteiger partial charge in [-0.05, 0) is 28.1 Å². The Morgan fingerprint density at radius 3 is 2.44 bits per heavy atom. The van der Waals surface area contributed by atoms with Crippen molar-refractivity contribution in [1.29, 1.82) is 0 Å². The van der Waals surface area contributed by atoms with E-state index in [9.17, 15) is 13.2 Å². The van der Waals surface area contributed by atoms with Gasteiger partial charge in [-0.2, -0.15) is 13.2 Å². The summed E-state index contributed by atoms with van der Waals surface area (Å²) in [6, 6.07) is 0.452. The van der Waals surface area contributed by atoms with E-state index in [4.69, 9.17) is 22.1 Å². The van der Waals surface area contributed by atoms with Crippen molar-refractivity contribution in [3.8, 4) is 5.75 Å². The lowest BCUT2D eigenvalue weighted by atomic mass is 10.1. The molecule has 1 rings (SSSR count). The molecule has 0 aliphatic heterocycles. The Morgan fingerprint density at radius 1 is 1.44 bits per heavy atom. The van der Waals surface area contributed by atoms with Crippen LogP contribution in [0, 0.1) is 0 Å². The third-order valence-electron chi connectivity index (χ3n) is 1.93. The van der Waals surface area contributed by atoms with Crippen molar-refractivity contribution in [2.24, 2.45) is 5.73 Å². The van der Waals surface area contributed by atoms with Crippen molar-refractivity contribution in [3.05, 3.63) is 27.2 Å². The Balaban J connectivity index is 3.31. The lowest BCUT2D eigenvalue weighted by molar-refractivity contribution is -0.149. The molecule has 1 aromatic carbocycles. The number of halogens is 5. The maximum absolute atomic E-state index is 12.5. The number of rotatable bonds is 2. The van der Waals surface area contributed by atoms with Crippen molar-refractivity contribution in [2.75, 3.05) is 7.11 Å². The molecule has 0 saturated carbocycles. The van der Waals surface area contributed by atoms with Gasteiger partial charge in [0.1, 0.15) is 11.8 Å². The molecule has 0 heterocycles. The summed E-state index contributed by atoms with van der Waals surface area (Å²) in [6.07, 6.45) is -4.54. The van der Waals surface area contributed by atoms with E-state index < -0.39 is 12.2 Å². The zero-order chi connectivity index (χ0) is 12.5. The second-order valence-corrected chi connectivity index (χ2v) is 4.32. The van der Waals surface area contributed by atoms with Crippen LogP contribution in [0.2, 0.25) is 5.02 Å². The van der Waals surface area contributed by atoms with E-state index in [0.29, 0.717) is 4.47 Å². The maximum Gasteiger partial charge on any atom is 0.407 e. The van der Waals surface area contributed by atoms with Crippen LogP contribution in [0.15, 0.2) is 16.6 Å². The van der Waals surface area contributed by atoms with Crippen LogP contribution in [-0.2, 0) is 0 Å². The number of benzene rings is 1. The van der Waals surface area contributed by atoms with E-state index in [2.05, 4.69) is 15.9 Å². The van der Waals surface area contributed by atoms with Crippen molar-refractivity contribution in [1.82, 2.24) is 0 Å². The molecule has 0 spiro atoms. The van der Waals surface area contributed by atoms with E-state index in [1.165, 1.54) is 13.2 Å². The smallest absolute Gasteiger partial charge is 0.407 e. The van der Waals surface area contributed by atoms with Gasteiger partial charge in [-0.1, -0.05) is 11.6 Å². The summed E-state index contributed by atoms with van der Waals surface area (Å²) >= 11 is 8.73. The number of nitrogens with two attached hydrogens (primary N) is 1. The van der Waals surface area contributed by atoms with Crippen LogP contribution >= 0.6 is 27.5 Å². The van der Waals surface area contributed by atoms with E-state index in [1.54, 1.807) is 0 Å². The number of hydrogen-bond donors (Lipinski definition) is 1. The fourth-order valence-corrected chi connectivity index (χ4v) is 2.20. The fourth-order valence-electron chi connectivity index (χ4n) is 1.20. The summed E-state index contributed by atoms with van der Waals surface area (Å²) in [5.74, 6) is 0.0363. The fraction of sp³-hybridized carbons (Fsp3) is 0.333. The summed E-state index contributed by atoms with van der Waals surface area (Å²) < 4.78 is 42.6. The molecule has 2 N–H and O–H groups in total. The van der Waals surface area contributed by atoms with Crippen molar-refractivity contribution in [3.63, 3.8) is 0 Å². The molecule has 0 fully saturated rings. The number of methoxy groups -OCH3 is 1. The van der Waals surface area contributed by atoms with Crippen LogP contribution in [0.3, 0.4) is 0 Å². The molecule has 1 unspecified atom stereocenters. The second-order valence-electron chi connectivity index (χ2n) is 3.03. The Hall–Kier alpha value is -0.460. The monoisotopic (exact) mass is 317 g/mol. The van der Waals surface area contributed by atoms with Crippen molar-refractivity contribution >= 4 is 27.5 Å². The second kappa shape index (κ2) is 4.81. The first-order valence-corrected chi connectivity index (χ1v) is 5.29. The highest BCUT2D eigenvalue weighted by atomic mass is 79.9. The van der Waals surface area contributed by atoms with Crippen LogP contribution in [0.5, 0.6) is 5.75 Å². The molecule has 0 bridgehead atoms. The number of alkyl halides is 3. The molecule has 0 aliphatic rings. The predicted octanol–water partition coefficient (Wildman–Crippen LogP) is 3.67. The van der Waals surface area contributed by atoms with Gasteiger partial charge < -0.3 is 10.5 Å². The van der Waals surface area contributed by atoms with Gasteiger partial charge >= 0.3 is 6.18 Å². The third kappa shape index (κ3) is 2.81. The highest BCUT2D eigenvalue weighted by Crippen LogP contribution is 2.40. The average Bonchev–Trinajstić information content (AvgIpc) is 2.14. The minimum atomic E-state index is -4.54. The van der Waals surface area contributed by atoms with E-state index >= 15 is 0 Å². The van der Waals surface area contributed by atoms with Gasteiger partial charge in [0.05, 0.1) is 11.6 Å². The molecular formula is C9H8BrClF3NO. The lowest BCUT2D eigenvalue weighted by Crippen LogP contribution is -2.28. The van der Waals surface area contributed by atoms with Crippen LogP contribution in [-0.4, -0.2) is 13.3 Å². The molecule has 0 saturated heterocycles. The Morgan fingerprint density at radius 2 is 2.00 bits per heavy atom. The molecule has 0 radical (unpaired) electrons. The van der Waals surface area contributed by atoms with Crippen LogP contribution in [0.25, 0.3) is 0 Å². The van der Waals surface area contributed by atoms with Gasteiger partial charge in [0.2, 0.25) is 0 Å². The van der Waals surface area contributed by atoms with Crippen LogP contribution in [0.4, 0.5) is 13.2 Å². The summed E-state index contributed by atoms with van der Waals surface area (Å²) in [5.41, 5.74) is 4.90. The number of hydrogen-bond acceptors (Lipinski definition) is 2. The van der Waals surface area contributed by atoms with E-state index in [1.807, 2.05) is 0 Å². The molecule has 1 atom stereocenters. The minimum absolute atomic E-state index is 0.0363. The first-order valence-electron chi connectivity index (χ1n) is 4.12. The van der Waals surface area contributed by atoms with E-state index in [0.717, 1.165) is 6.07 Å². The van der Waals surface area contributed by atoms with Crippen molar-refractivity contribution in [2.45, 2.75) is 12.2 Å². The molecule has 7 heteroatoms. The van der Waals surface area contributed by atoms with Crippen molar-refractivity contribution < 1.29 is 17.9 Å². The first-order chi connectivity index (χ1) is 7.27. The standard InChI is InChI=1S/C9H8BrClF3NO/c1-16-7-5(8(15)9(12,13)14)2-4(11)3-6(7)10/h2-3,8H,15H2,1H3. The highest BCUT2D eigenvalue weighted by Gasteiger charge is 2.40. The van der Waals surface area contributed by atoms with Crippen LogP contribution in [0.1, 0.15) is 11.6 Å². The zero-order valence-corrected chi connectivity index (χ0v) is 10.4. The Bertz CT molecular complexity index is 397. The van der Waals surface area contributed by atoms with Gasteiger partial charge in [-0.3, -0.25) is 0 Å². The normalized spacial score (nSPS) is 13.7. The predicted molar refractivity (Wildman–Crippen MR) is 58.7 cm³/mol. The first kappa shape index (κ1) is 13.6. The van der Waals surface area contributed by atoms with Gasteiger partial charge in [0, 0.05) is 10.6 Å². The molecule has 1 aromatic rings. The summed E-state index contributed by atoms with van der Waals surface area (Å²) in [5, 5.41) is 0.155. The molecule has 90 valence electrons. The molecule has 0 aliphatic carbocycles. The third-order valence-corrected chi connectivity index (χ3v) is 2.74. The van der Waals surface area contributed by atoms with Crippen LogP contribution < -0.4 is 10.5 Å². The van der Waals surface area contributed by atoms with Gasteiger partial charge in [0.15, 0.2) is 0 Å². The summed E-state index contributed by atoms with van der Waals surface area (Å²) in [4.78, 5) is 0.